The summed E-state index contributed by atoms with van der Waals surface area (Å²) in [4.78, 5) is 13.9. The van der Waals surface area contributed by atoms with Gasteiger partial charge in [0.25, 0.3) is 0 Å². The van der Waals surface area contributed by atoms with Gasteiger partial charge in [-0.25, -0.2) is 4.39 Å². The van der Waals surface area contributed by atoms with Crippen molar-refractivity contribution in [2.75, 3.05) is 6.26 Å². The van der Waals surface area contributed by atoms with E-state index in [9.17, 15) is 9.18 Å². The summed E-state index contributed by atoms with van der Waals surface area (Å²) in [5.41, 5.74) is 1.15. The Morgan fingerprint density at radius 2 is 1.52 bits per heavy atom. The van der Waals surface area contributed by atoms with Gasteiger partial charge >= 0.3 is 0 Å². The predicted molar refractivity (Wildman–Crippen MR) is 91.6 cm³/mol. The zero-order valence-electron chi connectivity index (χ0n) is 13.2. The van der Waals surface area contributed by atoms with Crippen LogP contribution in [0.1, 0.15) is 25.0 Å². The van der Waals surface area contributed by atoms with Gasteiger partial charge in [-0.15, -0.1) is 11.8 Å². The van der Waals surface area contributed by atoms with E-state index in [4.69, 9.17) is 4.74 Å². The number of hydrogen-bond acceptors (Lipinski definition) is 3. The number of Topliss-reactive ketones (excluding diaryl/α,β-unsaturated/α-hetero) is 1. The third-order valence-corrected chi connectivity index (χ3v) is 4.59. The summed E-state index contributed by atoms with van der Waals surface area (Å²) in [5.74, 6) is 0.134. The van der Waals surface area contributed by atoms with E-state index in [1.807, 2.05) is 30.5 Å². The molecule has 23 heavy (non-hydrogen) atoms. The molecule has 4 heteroatoms. The first-order chi connectivity index (χ1) is 10.9. The Labute approximate surface area is 139 Å². The van der Waals surface area contributed by atoms with Crippen LogP contribution in [0.2, 0.25) is 0 Å². The van der Waals surface area contributed by atoms with Gasteiger partial charge in [0.1, 0.15) is 11.6 Å². The van der Waals surface area contributed by atoms with Crippen molar-refractivity contribution < 1.29 is 13.9 Å². The number of halogens is 1. The minimum Gasteiger partial charge on any atom is -0.478 e. The highest BCUT2D eigenvalue weighted by Gasteiger charge is 2.42. The fourth-order valence-electron chi connectivity index (χ4n) is 2.58. The molecule has 2 nitrogen and oxygen atoms in total. The van der Waals surface area contributed by atoms with Gasteiger partial charge in [0, 0.05) is 10.5 Å². The van der Waals surface area contributed by atoms with Crippen LogP contribution >= 0.6 is 11.8 Å². The summed E-state index contributed by atoms with van der Waals surface area (Å²) in [5, 5.41) is 0. The van der Waals surface area contributed by atoms with Crippen molar-refractivity contribution in [1.82, 2.24) is 0 Å². The van der Waals surface area contributed by atoms with Gasteiger partial charge in [0.2, 0.25) is 5.78 Å². The van der Waals surface area contributed by atoms with E-state index < -0.39 is 5.60 Å². The number of rotatable bonds is 3. The van der Waals surface area contributed by atoms with Crippen LogP contribution in [-0.2, 0) is 9.53 Å². The number of ether oxygens (including phenoxy) is 1. The fraction of sp³-hybridized carbons (Fsp3) is 0.211. The molecule has 0 aliphatic carbocycles. The average molecular weight is 328 g/mol. The molecule has 0 amide bonds. The molecule has 0 atom stereocenters. The maximum Gasteiger partial charge on any atom is 0.210 e. The van der Waals surface area contributed by atoms with Crippen LogP contribution < -0.4 is 0 Å². The lowest BCUT2D eigenvalue weighted by Crippen LogP contribution is -2.29. The summed E-state index contributed by atoms with van der Waals surface area (Å²) in [6.07, 6.45) is 2.01. The van der Waals surface area contributed by atoms with Gasteiger partial charge < -0.3 is 4.74 Å². The SMILES string of the molecule is CSc1ccc(C2=C(c3ccc(F)cc3)OC(C)(C)C2=O)cc1. The Bertz CT molecular complexity index is 774. The van der Waals surface area contributed by atoms with E-state index in [0.29, 0.717) is 16.9 Å². The zero-order valence-corrected chi connectivity index (χ0v) is 14.0. The van der Waals surface area contributed by atoms with Crippen molar-refractivity contribution >= 4 is 28.9 Å². The molecule has 0 radical (unpaired) electrons. The van der Waals surface area contributed by atoms with Gasteiger partial charge in [0.15, 0.2) is 5.60 Å². The Morgan fingerprint density at radius 1 is 0.957 bits per heavy atom. The second kappa shape index (κ2) is 5.85. The minimum atomic E-state index is -0.919. The molecule has 2 aromatic carbocycles. The van der Waals surface area contributed by atoms with E-state index in [2.05, 4.69) is 0 Å². The van der Waals surface area contributed by atoms with Gasteiger partial charge in [-0.2, -0.15) is 0 Å². The van der Waals surface area contributed by atoms with Crippen LogP contribution in [0.5, 0.6) is 0 Å². The van der Waals surface area contributed by atoms with E-state index in [1.165, 1.54) is 12.1 Å². The molecule has 0 fully saturated rings. The molecular weight excluding hydrogens is 311 g/mol. The monoisotopic (exact) mass is 328 g/mol. The average Bonchev–Trinajstić information content (AvgIpc) is 2.78. The summed E-state index contributed by atoms with van der Waals surface area (Å²) in [6.45, 7) is 3.50. The van der Waals surface area contributed by atoms with E-state index >= 15 is 0 Å². The molecule has 1 heterocycles. The van der Waals surface area contributed by atoms with E-state index in [-0.39, 0.29) is 11.6 Å². The molecule has 118 valence electrons. The Balaban J connectivity index is 2.14. The van der Waals surface area contributed by atoms with Gasteiger partial charge in [-0.3, -0.25) is 4.79 Å². The molecule has 0 N–H and O–H groups in total. The van der Waals surface area contributed by atoms with Crippen molar-refractivity contribution in [3.8, 4) is 0 Å². The lowest BCUT2D eigenvalue weighted by Gasteiger charge is -2.17. The summed E-state index contributed by atoms with van der Waals surface area (Å²) >= 11 is 1.65. The predicted octanol–water partition coefficient (Wildman–Crippen LogP) is 4.79. The summed E-state index contributed by atoms with van der Waals surface area (Å²) in [7, 11) is 0. The van der Waals surface area contributed by atoms with Crippen molar-refractivity contribution in [3.05, 3.63) is 65.5 Å². The highest BCUT2D eigenvalue weighted by Crippen LogP contribution is 2.41. The first-order valence-corrected chi connectivity index (χ1v) is 8.53. The van der Waals surface area contributed by atoms with Crippen LogP contribution in [0.3, 0.4) is 0 Å². The first-order valence-electron chi connectivity index (χ1n) is 7.31. The van der Waals surface area contributed by atoms with Crippen LogP contribution in [0.25, 0.3) is 11.3 Å². The minimum absolute atomic E-state index is 0.0614. The second-order valence-electron chi connectivity index (χ2n) is 5.88. The lowest BCUT2D eigenvalue weighted by atomic mass is 9.93. The van der Waals surface area contributed by atoms with Crippen molar-refractivity contribution in [3.63, 3.8) is 0 Å². The highest BCUT2D eigenvalue weighted by molar-refractivity contribution is 7.98. The van der Waals surface area contributed by atoms with E-state index in [1.54, 1.807) is 37.7 Å². The van der Waals surface area contributed by atoms with Crippen molar-refractivity contribution in [2.24, 2.45) is 0 Å². The molecule has 0 spiro atoms. The van der Waals surface area contributed by atoms with Crippen LogP contribution in [0.15, 0.2) is 53.4 Å². The highest BCUT2D eigenvalue weighted by atomic mass is 32.2. The zero-order chi connectivity index (χ0) is 16.6. The molecule has 0 bridgehead atoms. The Kier molecular flexibility index (Phi) is 4.02. The van der Waals surface area contributed by atoms with Crippen molar-refractivity contribution in [2.45, 2.75) is 24.3 Å². The number of carbonyl (C=O) groups is 1. The van der Waals surface area contributed by atoms with Crippen LogP contribution in [-0.4, -0.2) is 17.6 Å². The molecular formula is C19H17FO2S. The second-order valence-corrected chi connectivity index (χ2v) is 6.76. The number of carbonyl (C=O) groups excluding carboxylic acids is 1. The third kappa shape index (κ3) is 2.91. The smallest absolute Gasteiger partial charge is 0.210 e. The standard InChI is InChI=1S/C19H17FO2S/c1-19(2)18(21)16(12-6-10-15(23-3)11-7-12)17(22-19)13-4-8-14(20)9-5-13/h4-11H,1-3H3. The Morgan fingerprint density at radius 3 is 2.09 bits per heavy atom. The first kappa shape index (κ1) is 15.8. The van der Waals surface area contributed by atoms with Crippen molar-refractivity contribution in [1.29, 1.82) is 0 Å². The normalized spacial score (nSPS) is 16.6. The molecule has 1 aliphatic heterocycles. The Hall–Kier alpha value is -2.07. The van der Waals surface area contributed by atoms with E-state index in [0.717, 1.165) is 10.5 Å². The molecule has 0 saturated heterocycles. The maximum atomic E-state index is 13.2. The molecule has 3 rings (SSSR count). The van der Waals surface area contributed by atoms with Crippen LogP contribution in [0.4, 0.5) is 4.39 Å². The summed E-state index contributed by atoms with van der Waals surface area (Å²) in [6, 6.07) is 13.8. The topological polar surface area (TPSA) is 26.3 Å². The number of benzene rings is 2. The molecule has 1 aliphatic rings. The number of hydrogen-bond donors (Lipinski definition) is 0. The maximum absolute atomic E-state index is 13.2. The van der Waals surface area contributed by atoms with Gasteiger partial charge in [-0.05, 0) is 62.1 Å². The number of thioether (sulfide) groups is 1. The number of ketones is 1. The summed E-state index contributed by atoms with van der Waals surface area (Å²) < 4.78 is 19.1. The quantitative estimate of drug-likeness (QED) is 0.758. The fourth-order valence-corrected chi connectivity index (χ4v) is 2.99. The lowest BCUT2D eigenvalue weighted by molar-refractivity contribution is -0.125. The molecule has 2 aromatic rings. The van der Waals surface area contributed by atoms with Crippen LogP contribution in [0, 0.1) is 5.82 Å². The van der Waals surface area contributed by atoms with Gasteiger partial charge in [-0.1, -0.05) is 12.1 Å². The third-order valence-electron chi connectivity index (χ3n) is 3.84. The molecule has 0 unspecified atom stereocenters. The molecule has 0 aromatic heterocycles. The van der Waals surface area contributed by atoms with Gasteiger partial charge in [0.05, 0.1) is 5.57 Å². The molecule has 0 saturated carbocycles. The largest absolute Gasteiger partial charge is 0.478 e.